The van der Waals surface area contributed by atoms with Crippen molar-refractivity contribution in [3.05, 3.63) is 235 Å². The van der Waals surface area contributed by atoms with Crippen molar-refractivity contribution in [1.29, 1.82) is 0 Å². The van der Waals surface area contributed by atoms with Gasteiger partial charge in [-0.05, 0) is 75.3 Å². The molecule has 0 fully saturated rings. The van der Waals surface area contributed by atoms with Gasteiger partial charge >= 0.3 is 0 Å². The molecular weight excluding hydrogens is 627 g/mol. The van der Waals surface area contributed by atoms with Crippen LogP contribution in [0.5, 0.6) is 0 Å². The maximum absolute atomic E-state index is 3.88. The lowest BCUT2D eigenvalue weighted by Crippen LogP contribution is -2.25. The van der Waals surface area contributed by atoms with Gasteiger partial charge in [0.2, 0.25) is 0 Å². The van der Waals surface area contributed by atoms with E-state index in [2.05, 4.69) is 223 Å². The van der Waals surface area contributed by atoms with Crippen LogP contribution >= 0.6 is 0 Å². The summed E-state index contributed by atoms with van der Waals surface area (Å²) in [6.45, 7) is 0. The molecule has 0 radical (unpaired) electrons. The van der Waals surface area contributed by atoms with E-state index in [-0.39, 0.29) is 0 Å². The van der Waals surface area contributed by atoms with Crippen molar-refractivity contribution in [1.82, 2.24) is 0 Å². The predicted octanol–water partition coefficient (Wildman–Crippen LogP) is 12.9. The Labute approximate surface area is 306 Å². The van der Waals surface area contributed by atoms with Gasteiger partial charge in [-0.2, -0.15) is 0 Å². The van der Waals surface area contributed by atoms with E-state index in [0.717, 1.165) is 33.8 Å². The number of hydrogen-bond acceptors (Lipinski definition) is 1. The highest BCUT2D eigenvalue weighted by Gasteiger charge is 2.45. The van der Waals surface area contributed by atoms with Gasteiger partial charge in [0.05, 0.1) is 11.4 Å². The molecule has 0 saturated carbocycles. The maximum Gasteiger partial charge on any atom is 0.108 e. The van der Waals surface area contributed by atoms with E-state index < -0.39 is 5.41 Å². The Balaban J connectivity index is 1.33. The molecule has 8 aromatic rings. The molecule has 1 atom stereocenters. The zero-order valence-electron chi connectivity index (χ0n) is 28.7. The van der Waals surface area contributed by atoms with Gasteiger partial charge in [0.1, 0.15) is 5.41 Å². The zero-order chi connectivity index (χ0) is 34.7. The fourth-order valence-electron chi connectivity index (χ4n) is 7.76. The molecule has 8 aromatic carbocycles. The van der Waals surface area contributed by atoms with Crippen LogP contribution in [-0.2, 0) is 5.41 Å². The van der Waals surface area contributed by atoms with Crippen molar-refractivity contribution in [3.8, 4) is 45.2 Å². The number of nitrogens with zero attached hydrogens (tertiary/aromatic N) is 1. The third kappa shape index (κ3) is 5.39. The molecule has 1 heteroatoms. The van der Waals surface area contributed by atoms with Gasteiger partial charge in [0, 0.05) is 22.4 Å². The quantitative estimate of drug-likeness (QED) is 0.160. The third-order valence-electron chi connectivity index (χ3n) is 10.1. The minimum absolute atomic E-state index is 0.680. The number of benzene rings is 8. The second kappa shape index (κ2) is 13.4. The van der Waals surface area contributed by atoms with E-state index in [4.69, 9.17) is 0 Å². The van der Waals surface area contributed by atoms with E-state index in [1.807, 2.05) is 6.07 Å². The van der Waals surface area contributed by atoms with Crippen LogP contribution in [0.25, 0.3) is 33.4 Å². The standard InChI is InChI=1S/C51H35N/c1-5-18-38(19-6-1)36-37-51(42-24-11-4-12-25-42)46-28-15-13-27-45(46)50-47(51)29-17-31-49(50)52(43-34-32-40(33-35-43)39-20-7-2-8-21-39)48-30-16-14-26-44(48)41-22-9-3-10-23-41/h1-35H. The normalized spacial score (nSPS) is 14.1. The van der Waals surface area contributed by atoms with Crippen molar-refractivity contribution < 1.29 is 0 Å². The summed E-state index contributed by atoms with van der Waals surface area (Å²) < 4.78 is 0. The summed E-state index contributed by atoms with van der Waals surface area (Å²) in [6.07, 6.45) is 0. The van der Waals surface area contributed by atoms with E-state index in [9.17, 15) is 0 Å². The number of fused-ring (bicyclic) bond motifs is 3. The van der Waals surface area contributed by atoms with Gasteiger partial charge in [0.15, 0.2) is 0 Å². The molecule has 1 aliphatic carbocycles. The van der Waals surface area contributed by atoms with E-state index in [1.165, 1.54) is 38.9 Å². The first-order valence-corrected chi connectivity index (χ1v) is 17.8. The molecule has 0 aliphatic heterocycles. The molecule has 0 aromatic heterocycles. The molecule has 1 unspecified atom stereocenters. The van der Waals surface area contributed by atoms with E-state index in [1.54, 1.807) is 0 Å². The smallest absolute Gasteiger partial charge is 0.108 e. The van der Waals surface area contributed by atoms with Crippen LogP contribution in [0.2, 0.25) is 0 Å². The zero-order valence-corrected chi connectivity index (χ0v) is 28.7. The molecule has 1 nitrogen and oxygen atoms in total. The van der Waals surface area contributed by atoms with Crippen LogP contribution in [0.3, 0.4) is 0 Å². The molecule has 9 rings (SSSR count). The fraction of sp³-hybridized carbons (Fsp3) is 0.0196. The highest BCUT2D eigenvalue weighted by Crippen LogP contribution is 2.57. The lowest BCUT2D eigenvalue weighted by Gasteiger charge is -2.31. The van der Waals surface area contributed by atoms with E-state index in [0.29, 0.717) is 0 Å². The summed E-state index contributed by atoms with van der Waals surface area (Å²) in [6, 6.07) is 75.7. The highest BCUT2D eigenvalue weighted by atomic mass is 15.1. The first-order valence-electron chi connectivity index (χ1n) is 17.8. The molecule has 0 spiro atoms. The molecule has 52 heavy (non-hydrogen) atoms. The van der Waals surface area contributed by atoms with Crippen molar-refractivity contribution >= 4 is 17.1 Å². The minimum Gasteiger partial charge on any atom is -0.309 e. The summed E-state index contributed by atoms with van der Waals surface area (Å²) in [5, 5.41) is 0. The molecule has 244 valence electrons. The van der Waals surface area contributed by atoms with Gasteiger partial charge in [-0.25, -0.2) is 0 Å². The molecule has 0 amide bonds. The first kappa shape index (κ1) is 31.1. The van der Waals surface area contributed by atoms with Gasteiger partial charge in [-0.1, -0.05) is 188 Å². The summed E-state index contributed by atoms with van der Waals surface area (Å²) in [5.74, 6) is 7.49. The second-order valence-electron chi connectivity index (χ2n) is 13.1. The fourth-order valence-corrected chi connectivity index (χ4v) is 7.76. The van der Waals surface area contributed by atoms with Gasteiger partial charge < -0.3 is 4.90 Å². The topological polar surface area (TPSA) is 3.24 Å². The Morgan fingerprint density at radius 3 is 1.60 bits per heavy atom. The third-order valence-corrected chi connectivity index (χ3v) is 10.1. The van der Waals surface area contributed by atoms with Gasteiger partial charge in [0.25, 0.3) is 0 Å². The SMILES string of the molecule is C(#CC1(c2ccccc2)c2ccccc2-c2c(N(c3ccc(-c4ccccc4)cc3)c3ccccc3-c3ccccc3)cccc21)c1ccccc1. The number of hydrogen-bond donors (Lipinski definition) is 0. The second-order valence-corrected chi connectivity index (χ2v) is 13.1. The molecule has 0 saturated heterocycles. The molecule has 1 aliphatic rings. The summed E-state index contributed by atoms with van der Waals surface area (Å²) in [5.41, 5.74) is 14.3. The Bertz CT molecular complexity index is 2550. The minimum atomic E-state index is -0.680. The Morgan fingerprint density at radius 2 is 0.885 bits per heavy atom. The summed E-state index contributed by atoms with van der Waals surface area (Å²) >= 11 is 0. The van der Waals surface area contributed by atoms with Gasteiger partial charge in [-0.3, -0.25) is 0 Å². The largest absolute Gasteiger partial charge is 0.309 e. The van der Waals surface area contributed by atoms with Crippen molar-refractivity contribution in [2.45, 2.75) is 5.41 Å². The monoisotopic (exact) mass is 661 g/mol. The van der Waals surface area contributed by atoms with Crippen molar-refractivity contribution in [3.63, 3.8) is 0 Å². The number of para-hydroxylation sites is 1. The van der Waals surface area contributed by atoms with E-state index >= 15 is 0 Å². The van der Waals surface area contributed by atoms with Crippen LogP contribution in [0, 0.1) is 11.8 Å². The number of rotatable bonds is 6. The first-order chi connectivity index (χ1) is 25.8. The van der Waals surface area contributed by atoms with Crippen LogP contribution in [-0.4, -0.2) is 0 Å². The molecular formula is C51H35N. The summed E-state index contributed by atoms with van der Waals surface area (Å²) in [7, 11) is 0. The van der Waals surface area contributed by atoms with Crippen LogP contribution in [0.15, 0.2) is 212 Å². The lowest BCUT2D eigenvalue weighted by molar-refractivity contribution is 0.837. The van der Waals surface area contributed by atoms with Crippen LogP contribution in [0.4, 0.5) is 17.1 Å². The average Bonchev–Trinajstić information content (AvgIpc) is 3.53. The average molecular weight is 662 g/mol. The maximum atomic E-state index is 3.88. The molecule has 0 bridgehead atoms. The molecule has 0 N–H and O–H groups in total. The van der Waals surface area contributed by atoms with Gasteiger partial charge in [-0.15, -0.1) is 0 Å². The highest BCUT2D eigenvalue weighted by molar-refractivity contribution is 5.99. The Kier molecular flexibility index (Phi) is 8.05. The van der Waals surface area contributed by atoms with Crippen LogP contribution < -0.4 is 4.90 Å². The van der Waals surface area contributed by atoms with Crippen molar-refractivity contribution in [2.24, 2.45) is 0 Å². The van der Waals surface area contributed by atoms with Crippen LogP contribution in [0.1, 0.15) is 22.3 Å². The predicted molar refractivity (Wildman–Crippen MR) is 217 cm³/mol. The lowest BCUT2D eigenvalue weighted by atomic mass is 9.73. The Hall–Kier alpha value is -6.88. The molecule has 0 heterocycles. The summed E-state index contributed by atoms with van der Waals surface area (Å²) in [4.78, 5) is 2.44. The van der Waals surface area contributed by atoms with Crippen molar-refractivity contribution in [2.75, 3.05) is 4.90 Å². The Morgan fingerprint density at radius 1 is 0.365 bits per heavy atom. The number of anilines is 3.